The second kappa shape index (κ2) is 4.53. The number of anilines is 1. The topological polar surface area (TPSA) is 34.2 Å². The zero-order chi connectivity index (χ0) is 11.8. The van der Waals surface area contributed by atoms with E-state index in [-0.39, 0.29) is 18.0 Å². The van der Waals surface area contributed by atoms with Crippen molar-refractivity contribution in [2.75, 3.05) is 11.9 Å². The lowest BCUT2D eigenvalue weighted by Crippen LogP contribution is -2.31. The minimum Gasteiger partial charge on any atom is -0.376 e. The van der Waals surface area contributed by atoms with Gasteiger partial charge in [-0.25, -0.2) is 9.37 Å². The van der Waals surface area contributed by atoms with Crippen molar-refractivity contribution in [3.8, 4) is 0 Å². The van der Waals surface area contributed by atoms with Crippen molar-refractivity contribution < 1.29 is 9.13 Å². The molecule has 2 aliphatic rings. The molecule has 2 fully saturated rings. The fourth-order valence-electron chi connectivity index (χ4n) is 2.35. The Morgan fingerprint density at radius 2 is 2.24 bits per heavy atom. The van der Waals surface area contributed by atoms with Crippen LogP contribution in [0.5, 0.6) is 0 Å². The normalized spacial score (nSPS) is 28.4. The predicted molar refractivity (Wildman–Crippen MR) is 66.4 cm³/mol. The third-order valence-electron chi connectivity index (χ3n) is 3.35. The Labute approximate surface area is 108 Å². The van der Waals surface area contributed by atoms with Crippen molar-refractivity contribution in [2.24, 2.45) is 5.92 Å². The summed E-state index contributed by atoms with van der Waals surface area (Å²) in [5.74, 6) is 0.670. The van der Waals surface area contributed by atoms with Gasteiger partial charge in [0.2, 0.25) is 0 Å². The van der Waals surface area contributed by atoms with E-state index in [0.717, 1.165) is 13.0 Å². The molecule has 1 aliphatic heterocycles. The first-order valence-corrected chi connectivity index (χ1v) is 6.72. The lowest BCUT2D eigenvalue weighted by Gasteiger charge is -2.20. The van der Waals surface area contributed by atoms with Crippen LogP contribution < -0.4 is 5.32 Å². The second-order valence-corrected chi connectivity index (χ2v) is 5.61. The highest BCUT2D eigenvalue weighted by Crippen LogP contribution is 2.39. The summed E-state index contributed by atoms with van der Waals surface area (Å²) in [5, 5.41) is 3.18. The Balaban J connectivity index is 1.72. The van der Waals surface area contributed by atoms with Crippen LogP contribution in [-0.2, 0) is 4.74 Å². The zero-order valence-corrected chi connectivity index (χ0v) is 10.9. The summed E-state index contributed by atoms with van der Waals surface area (Å²) in [4.78, 5) is 4.07. The lowest BCUT2D eigenvalue weighted by atomic mass is 10.1. The molecule has 2 unspecified atom stereocenters. The minimum absolute atomic E-state index is 0.200. The molecule has 5 heteroatoms. The van der Waals surface area contributed by atoms with Crippen LogP contribution >= 0.6 is 15.9 Å². The Morgan fingerprint density at radius 1 is 1.41 bits per heavy atom. The third kappa shape index (κ3) is 2.45. The summed E-state index contributed by atoms with van der Waals surface area (Å²) >= 11 is 3.20. The van der Waals surface area contributed by atoms with E-state index in [9.17, 15) is 4.39 Å². The molecular weight excluding hydrogens is 287 g/mol. The standard InChI is InChI=1S/C12H14BrFN2O/c13-8-5-9(14)12(15-6-8)16-10-3-4-17-11(10)7-1-2-7/h5-7,10-11H,1-4H2,(H,15,16). The number of pyridine rings is 1. The van der Waals surface area contributed by atoms with E-state index in [4.69, 9.17) is 4.74 Å². The van der Waals surface area contributed by atoms with Gasteiger partial charge in [-0.05, 0) is 47.2 Å². The van der Waals surface area contributed by atoms with Gasteiger partial charge in [0.15, 0.2) is 11.6 Å². The molecule has 1 N–H and O–H groups in total. The molecule has 2 atom stereocenters. The largest absolute Gasteiger partial charge is 0.376 e. The molecule has 0 amide bonds. The van der Waals surface area contributed by atoms with Gasteiger partial charge in [-0.1, -0.05) is 0 Å². The Kier molecular flexibility index (Phi) is 3.04. The van der Waals surface area contributed by atoms with E-state index < -0.39 is 0 Å². The van der Waals surface area contributed by atoms with Gasteiger partial charge in [0, 0.05) is 17.3 Å². The Hall–Kier alpha value is -0.680. The van der Waals surface area contributed by atoms with Gasteiger partial charge in [0.25, 0.3) is 0 Å². The highest BCUT2D eigenvalue weighted by Gasteiger charge is 2.40. The van der Waals surface area contributed by atoms with E-state index in [1.165, 1.54) is 18.9 Å². The zero-order valence-electron chi connectivity index (χ0n) is 9.33. The number of rotatable bonds is 3. The summed E-state index contributed by atoms with van der Waals surface area (Å²) < 4.78 is 20.0. The average Bonchev–Trinajstić information content (AvgIpc) is 3.03. The first kappa shape index (κ1) is 11.4. The van der Waals surface area contributed by atoms with E-state index in [1.807, 2.05) is 0 Å². The quantitative estimate of drug-likeness (QED) is 0.932. The number of hydrogen-bond acceptors (Lipinski definition) is 3. The van der Waals surface area contributed by atoms with Crippen LogP contribution in [0.2, 0.25) is 0 Å². The van der Waals surface area contributed by atoms with E-state index in [1.54, 1.807) is 6.20 Å². The number of halogens is 2. The molecule has 0 aromatic carbocycles. The number of aromatic nitrogens is 1. The van der Waals surface area contributed by atoms with E-state index in [0.29, 0.717) is 16.2 Å². The van der Waals surface area contributed by atoms with Crippen LogP contribution in [0, 0.1) is 11.7 Å². The average molecular weight is 301 g/mol. The molecule has 0 radical (unpaired) electrons. The molecule has 1 aromatic rings. The Bertz CT molecular complexity index is 425. The van der Waals surface area contributed by atoms with Crippen molar-refractivity contribution in [3.05, 3.63) is 22.6 Å². The first-order valence-electron chi connectivity index (χ1n) is 5.93. The first-order chi connectivity index (χ1) is 8.24. The summed E-state index contributed by atoms with van der Waals surface area (Å²) in [6.45, 7) is 0.761. The molecular formula is C12H14BrFN2O. The maximum atomic E-state index is 13.7. The molecule has 92 valence electrons. The van der Waals surface area contributed by atoms with Crippen LogP contribution in [0.15, 0.2) is 16.7 Å². The predicted octanol–water partition coefficient (Wildman–Crippen LogP) is 2.96. The minimum atomic E-state index is -0.319. The Morgan fingerprint density at radius 3 is 2.94 bits per heavy atom. The number of nitrogens with one attached hydrogen (secondary N) is 1. The van der Waals surface area contributed by atoms with E-state index in [2.05, 4.69) is 26.2 Å². The van der Waals surface area contributed by atoms with Gasteiger partial charge >= 0.3 is 0 Å². The number of nitrogens with zero attached hydrogens (tertiary/aromatic N) is 1. The number of ether oxygens (including phenoxy) is 1. The van der Waals surface area contributed by atoms with Gasteiger partial charge in [-0.3, -0.25) is 0 Å². The summed E-state index contributed by atoms with van der Waals surface area (Å²) in [7, 11) is 0. The van der Waals surface area contributed by atoms with Gasteiger partial charge in [-0.15, -0.1) is 0 Å². The van der Waals surface area contributed by atoms with Crippen molar-refractivity contribution in [3.63, 3.8) is 0 Å². The maximum Gasteiger partial charge on any atom is 0.166 e. The second-order valence-electron chi connectivity index (χ2n) is 4.70. The van der Waals surface area contributed by atoms with Gasteiger partial charge in [0.05, 0.1) is 12.1 Å². The van der Waals surface area contributed by atoms with Crippen molar-refractivity contribution >= 4 is 21.7 Å². The van der Waals surface area contributed by atoms with Crippen LogP contribution in [0.1, 0.15) is 19.3 Å². The molecule has 3 nitrogen and oxygen atoms in total. The van der Waals surface area contributed by atoms with Crippen molar-refractivity contribution in [1.82, 2.24) is 4.98 Å². The van der Waals surface area contributed by atoms with Crippen LogP contribution in [-0.4, -0.2) is 23.7 Å². The molecule has 17 heavy (non-hydrogen) atoms. The monoisotopic (exact) mass is 300 g/mol. The van der Waals surface area contributed by atoms with Crippen molar-refractivity contribution in [2.45, 2.75) is 31.4 Å². The lowest BCUT2D eigenvalue weighted by molar-refractivity contribution is 0.0897. The van der Waals surface area contributed by atoms with Crippen LogP contribution in [0.4, 0.5) is 10.2 Å². The van der Waals surface area contributed by atoms with Crippen molar-refractivity contribution in [1.29, 1.82) is 0 Å². The van der Waals surface area contributed by atoms with E-state index >= 15 is 0 Å². The molecule has 1 saturated heterocycles. The summed E-state index contributed by atoms with van der Waals surface area (Å²) in [6, 6.07) is 1.63. The molecule has 3 rings (SSSR count). The SMILES string of the molecule is Fc1cc(Br)cnc1NC1CCOC1C1CC1. The molecule has 0 spiro atoms. The fourth-order valence-corrected chi connectivity index (χ4v) is 2.65. The molecule has 1 saturated carbocycles. The highest BCUT2D eigenvalue weighted by atomic mass is 79.9. The van der Waals surface area contributed by atoms with Crippen LogP contribution in [0.3, 0.4) is 0 Å². The third-order valence-corrected chi connectivity index (χ3v) is 3.79. The highest BCUT2D eigenvalue weighted by molar-refractivity contribution is 9.10. The van der Waals surface area contributed by atoms with Gasteiger partial charge in [-0.2, -0.15) is 0 Å². The van der Waals surface area contributed by atoms with Gasteiger partial charge in [0.1, 0.15) is 0 Å². The summed E-state index contributed by atoms with van der Waals surface area (Å²) in [6.07, 6.45) is 5.24. The molecule has 0 bridgehead atoms. The smallest absolute Gasteiger partial charge is 0.166 e. The van der Waals surface area contributed by atoms with Crippen LogP contribution in [0.25, 0.3) is 0 Å². The van der Waals surface area contributed by atoms with Gasteiger partial charge < -0.3 is 10.1 Å². The molecule has 1 aliphatic carbocycles. The molecule has 1 aromatic heterocycles. The molecule has 2 heterocycles. The summed E-state index contributed by atoms with van der Waals surface area (Å²) in [5.41, 5.74) is 0. The maximum absolute atomic E-state index is 13.7. The number of hydrogen-bond donors (Lipinski definition) is 1. The fraction of sp³-hybridized carbons (Fsp3) is 0.583.